The second kappa shape index (κ2) is 11.0. The maximum atomic E-state index is 13.0. The van der Waals surface area contributed by atoms with E-state index in [2.05, 4.69) is 25.5 Å². The first-order chi connectivity index (χ1) is 18.0. The number of amides is 2. The quantitative estimate of drug-likeness (QED) is 0.435. The van der Waals surface area contributed by atoms with Gasteiger partial charge in [0.2, 0.25) is 0 Å². The summed E-state index contributed by atoms with van der Waals surface area (Å²) in [4.78, 5) is 36.6. The molecule has 0 spiro atoms. The van der Waals surface area contributed by atoms with E-state index in [0.29, 0.717) is 29.8 Å². The molecule has 9 heteroatoms. The van der Waals surface area contributed by atoms with Gasteiger partial charge in [0.25, 0.3) is 11.8 Å². The molecule has 2 aliphatic heterocycles. The van der Waals surface area contributed by atoms with Gasteiger partial charge in [-0.15, -0.1) is 0 Å². The van der Waals surface area contributed by atoms with Crippen LogP contribution in [-0.4, -0.2) is 58.1 Å². The number of rotatable bonds is 9. The van der Waals surface area contributed by atoms with Gasteiger partial charge in [-0.3, -0.25) is 9.59 Å². The number of ether oxygens (including phenoxy) is 1. The summed E-state index contributed by atoms with van der Waals surface area (Å²) in [5, 5.41) is 6.22. The topological polar surface area (TPSA) is 101 Å². The number of methoxy groups -OCH3 is 1. The van der Waals surface area contributed by atoms with Crippen molar-refractivity contribution in [3.8, 4) is 5.75 Å². The molecule has 2 N–H and O–H groups in total. The highest BCUT2D eigenvalue weighted by atomic mass is 16.5. The number of nitrogens with one attached hydrogen (secondary N) is 2. The monoisotopic (exact) mass is 502 g/mol. The average Bonchev–Trinajstić information content (AvgIpc) is 3.52. The van der Waals surface area contributed by atoms with Crippen LogP contribution in [0.4, 0.5) is 5.82 Å². The molecule has 3 aromatic rings. The molecule has 1 unspecified atom stereocenters. The summed E-state index contributed by atoms with van der Waals surface area (Å²) in [7, 11) is 1.62. The van der Waals surface area contributed by atoms with Crippen molar-refractivity contribution in [2.45, 2.75) is 63.7 Å². The van der Waals surface area contributed by atoms with Crippen LogP contribution in [0.25, 0.3) is 0 Å². The molecule has 2 saturated heterocycles. The van der Waals surface area contributed by atoms with Crippen molar-refractivity contribution in [3.63, 3.8) is 0 Å². The lowest BCUT2D eigenvalue weighted by Crippen LogP contribution is -2.50. The van der Waals surface area contributed by atoms with Gasteiger partial charge in [0.05, 0.1) is 19.0 Å². The Hall–Kier alpha value is -3.88. The fourth-order valence-electron chi connectivity index (χ4n) is 5.67. The zero-order chi connectivity index (χ0) is 25.8. The molecule has 5 rings (SSSR count). The number of pyridine rings is 1. The van der Waals surface area contributed by atoms with Gasteiger partial charge in [-0.05, 0) is 63.3 Å². The van der Waals surface area contributed by atoms with Crippen LogP contribution in [0.15, 0.2) is 55.2 Å². The lowest BCUT2D eigenvalue weighted by Gasteiger charge is -2.40. The average molecular weight is 503 g/mol. The zero-order valence-corrected chi connectivity index (χ0v) is 21.4. The molecule has 0 saturated carbocycles. The summed E-state index contributed by atoms with van der Waals surface area (Å²) >= 11 is 0. The number of fused-ring (bicyclic) bond motifs is 2. The summed E-state index contributed by atoms with van der Waals surface area (Å²) in [6.07, 6.45) is 11.9. The van der Waals surface area contributed by atoms with E-state index >= 15 is 0 Å². The standard InChI is InChI=1S/C28H34N6O3/c1-19-24(5-3-6-25(19)37-2)28(36)32-21-15-22-8-9-23(16-21)34(22)26-10-7-20(17-31-26)27(35)30-11-4-13-33-14-12-29-18-33/h3,5-7,10,12,14,17-18,21-23H,4,8-9,11,13,15-16H2,1-2H3,(H,30,35)(H,32,36)/t21?,22-,23+. The molecule has 3 atom stereocenters. The number of aryl methyl sites for hydroxylation is 1. The van der Waals surface area contributed by atoms with E-state index in [4.69, 9.17) is 4.74 Å². The molecule has 0 radical (unpaired) electrons. The Morgan fingerprint density at radius 2 is 1.92 bits per heavy atom. The number of hydrogen-bond donors (Lipinski definition) is 2. The normalized spacial score (nSPS) is 20.5. The molecular weight excluding hydrogens is 468 g/mol. The second-order valence-corrected chi connectivity index (χ2v) is 9.88. The van der Waals surface area contributed by atoms with Crippen molar-refractivity contribution in [2.75, 3.05) is 18.6 Å². The third kappa shape index (κ3) is 5.45. The third-order valence-electron chi connectivity index (χ3n) is 7.53. The van der Waals surface area contributed by atoms with Crippen LogP contribution in [0.5, 0.6) is 5.75 Å². The first kappa shape index (κ1) is 24.8. The van der Waals surface area contributed by atoms with E-state index in [-0.39, 0.29) is 17.9 Å². The summed E-state index contributed by atoms with van der Waals surface area (Å²) in [5.41, 5.74) is 2.08. The Labute approximate surface area is 217 Å². The van der Waals surface area contributed by atoms with Crippen molar-refractivity contribution < 1.29 is 14.3 Å². The van der Waals surface area contributed by atoms with Gasteiger partial charge >= 0.3 is 0 Å². The van der Waals surface area contributed by atoms with E-state index in [0.717, 1.165) is 55.8 Å². The fraction of sp³-hybridized carbons (Fsp3) is 0.429. The van der Waals surface area contributed by atoms with Gasteiger partial charge in [-0.25, -0.2) is 9.97 Å². The van der Waals surface area contributed by atoms with Crippen molar-refractivity contribution in [2.24, 2.45) is 0 Å². The maximum absolute atomic E-state index is 13.0. The molecule has 1 aromatic carbocycles. The molecule has 2 aromatic heterocycles. The second-order valence-electron chi connectivity index (χ2n) is 9.88. The van der Waals surface area contributed by atoms with Gasteiger partial charge in [-0.2, -0.15) is 0 Å². The maximum Gasteiger partial charge on any atom is 0.252 e. The van der Waals surface area contributed by atoms with Gasteiger partial charge in [0.15, 0.2) is 0 Å². The van der Waals surface area contributed by atoms with Crippen LogP contribution in [0.1, 0.15) is 58.4 Å². The van der Waals surface area contributed by atoms with Crippen molar-refractivity contribution >= 4 is 17.6 Å². The van der Waals surface area contributed by atoms with Crippen molar-refractivity contribution in [1.82, 2.24) is 25.2 Å². The fourth-order valence-corrected chi connectivity index (χ4v) is 5.67. The first-order valence-electron chi connectivity index (χ1n) is 13.0. The molecule has 9 nitrogen and oxygen atoms in total. The Kier molecular flexibility index (Phi) is 7.39. The molecular formula is C28H34N6O3. The third-order valence-corrected chi connectivity index (χ3v) is 7.53. The van der Waals surface area contributed by atoms with Crippen molar-refractivity contribution in [3.05, 3.63) is 71.9 Å². The Balaban J connectivity index is 1.15. The highest BCUT2D eigenvalue weighted by molar-refractivity contribution is 5.96. The summed E-state index contributed by atoms with van der Waals surface area (Å²) < 4.78 is 7.36. The molecule has 194 valence electrons. The minimum atomic E-state index is -0.109. The number of carbonyl (C=O) groups excluding carboxylic acids is 2. The van der Waals surface area contributed by atoms with E-state index in [1.165, 1.54) is 0 Å². The van der Waals surface area contributed by atoms with Crippen LogP contribution >= 0.6 is 0 Å². The predicted octanol–water partition coefficient (Wildman–Crippen LogP) is 3.35. The molecule has 2 bridgehead atoms. The van der Waals surface area contributed by atoms with E-state index < -0.39 is 0 Å². The van der Waals surface area contributed by atoms with Crippen LogP contribution < -0.4 is 20.3 Å². The number of benzene rings is 1. The lowest BCUT2D eigenvalue weighted by molar-refractivity contribution is 0.0923. The van der Waals surface area contributed by atoms with Gasteiger partial charge < -0.3 is 24.8 Å². The smallest absolute Gasteiger partial charge is 0.252 e. The minimum Gasteiger partial charge on any atom is -0.496 e. The molecule has 4 heterocycles. The Bertz CT molecular complexity index is 1210. The minimum absolute atomic E-state index is 0.0484. The predicted molar refractivity (Wildman–Crippen MR) is 141 cm³/mol. The van der Waals surface area contributed by atoms with Gasteiger partial charge in [0, 0.05) is 60.9 Å². The molecule has 37 heavy (non-hydrogen) atoms. The zero-order valence-electron chi connectivity index (χ0n) is 21.4. The number of anilines is 1. The largest absolute Gasteiger partial charge is 0.496 e. The molecule has 2 amide bonds. The number of hydrogen-bond acceptors (Lipinski definition) is 6. The van der Waals surface area contributed by atoms with Crippen LogP contribution in [0.2, 0.25) is 0 Å². The highest BCUT2D eigenvalue weighted by Gasteiger charge is 2.42. The number of piperidine rings is 1. The van der Waals surface area contributed by atoms with Crippen LogP contribution in [-0.2, 0) is 6.54 Å². The SMILES string of the molecule is COc1cccc(C(=O)NC2C[C@H]3CC[C@@H](C2)N3c2ccc(C(=O)NCCCn3ccnc3)cn2)c1C. The number of aromatic nitrogens is 3. The Morgan fingerprint density at radius 3 is 2.59 bits per heavy atom. The summed E-state index contributed by atoms with van der Waals surface area (Å²) in [6.45, 7) is 3.32. The van der Waals surface area contributed by atoms with Gasteiger partial charge in [0.1, 0.15) is 11.6 Å². The number of imidazole rings is 1. The van der Waals surface area contributed by atoms with E-state index in [9.17, 15) is 9.59 Å². The van der Waals surface area contributed by atoms with Crippen LogP contribution in [0.3, 0.4) is 0 Å². The number of nitrogens with zero attached hydrogens (tertiary/aromatic N) is 4. The highest BCUT2D eigenvalue weighted by Crippen LogP contribution is 2.38. The summed E-state index contributed by atoms with van der Waals surface area (Å²) in [5.74, 6) is 1.47. The van der Waals surface area contributed by atoms with E-state index in [1.807, 2.05) is 48.0 Å². The van der Waals surface area contributed by atoms with Gasteiger partial charge in [-0.1, -0.05) is 6.07 Å². The molecule has 0 aliphatic carbocycles. The first-order valence-corrected chi connectivity index (χ1v) is 13.0. The molecule has 2 aliphatic rings. The van der Waals surface area contributed by atoms with E-state index in [1.54, 1.807) is 25.8 Å². The Morgan fingerprint density at radius 1 is 1.11 bits per heavy atom. The van der Waals surface area contributed by atoms with Crippen molar-refractivity contribution in [1.29, 1.82) is 0 Å². The molecule has 2 fully saturated rings. The number of carbonyl (C=O) groups is 2. The van der Waals surface area contributed by atoms with Crippen LogP contribution in [0, 0.1) is 6.92 Å². The lowest BCUT2D eigenvalue weighted by atomic mass is 9.96. The summed E-state index contributed by atoms with van der Waals surface area (Å²) in [6, 6.07) is 10.1.